The Morgan fingerprint density at radius 3 is 2.63 bits per heavy atom. The van der Waals surface area contributed by atoms with Gasteiger partial charge in [-0.3, -0.25) is 4.79 Å². The van der Waals surface area contributed by atoms with Gasteiger partial charge in [-0.05, 0) is 12.1 Å². The number of hydrogen-bond donors (Lipinski definition) is 1. The van der Waals surface area contributed by atoms with Gasteiger partial charge in [0.1, 0.15) is 16.8 Å². The molecule has 0 aliphatic heterocycles. The molecular weight excluding hydrogens is 289 g/mol. The van der Waals surface area contributed by atoms with Crippen molar-refractivity contribution in [2.45, 2.75) is 18.7 Å². The lowest BCUT2D eigenvalue weighted by molar-refractivity contribution is -0.136. The van der Waals surface area contributed by atoms with Crippen LogP contribution in [-0.2, 0) is 11.2 Å². The van der Waals surface area contributed by atoms with Gasteiger partial charge in [0.15, 0.2) is 5.89 Å². The third-order valence-electron chi connectivity index (χ3n) is 2.55. The monoisotopic (exact) mass is 299 g/mol. The fraction of sp³-hybridized carbons (Fsp3) is 0.231. The molecule has 0 amide bonds. The van der Waals surface area contributed by atoms with Gasteiger partial charge in [-0.1, -0.05) is 23.7 Å². The van der Waals surface area contributed by atoms with E-state index in [1.165, 1.54) is 0 Å². The van der Waals surface area contributed by atoms with E-state index in [4.69, 9.17) is 32.7 Å². The van der Waals surface area contributed by atoms with E-state index in [2.05, 4.69) is 4.98 Å². The molecule has 0 radical (unpaired) electrons. The number of alkyl halides is 1. The molecule has 0 aliphatic rings. The number of oxazole rings is 1. The third-order valence-corrected chi connectivity index (χ3v) is 3.15. The maximum atomic E-state index is 10.8. The van der Waals surface area contributed by atoms with Crippen LogP contribution in [0.5, 0.6) is 0 Å². The zero-order chi connectivity index (χ0) is 14.0. The number of carboxylic acids is 1. The van der Waals surface area contributed by atoms with Crippen LogP contribution in [-0.4, -0.2) is 21.4 Å². The minimum Gasteiger partial charge on any atom is -0.480 e. The molecule has 1 aromatic heterocycles. The van der Waals surface area contributed by atoms with E-state index in [-0.39, 0.29) is 6.42 Å². The van der Waals surface area contributed by atoms with Crippen molar-refractivity contribution in [2.24, 2.45) is 0 Å². The Balaban J connectivity index is 2.35. The van der Waals surface area contributed by atoms with Crippen molar-refractivity contribution in [3.63, 3.8) is 0 Å². The fourth-order valence-electron chi connectivity index (χ4n) is 1.69. The maximum absolute atomic E-state index is 10.8. The summed E-state index contributed by atoms with van der Waals surface area (Å²) in [5.74, 6) is -0.158. The molecule has 1 heterocycles. The number of nitrogens with zero attached hydrogens (tertiary/aromatic N) is 1. The standard InChI is InChI=1S/C13H11Cl2NO3/c1-7-16-12(8-2-4-9(14)5-3-8)11(19-7)6-10(15)13(17)18/h2-5,10H,6H2,1H3,(H,17,18). The first kappa shape index (κ1) is 13.9. The van der Waals surface area contributed by atoms with Crippen molar-refractivity contribution in [3.05, 3.63) is 40.9 Å². The Morgan fingerprint density at radius 2 is 2.05 bits per heavy atom. The highest BCUT2D eigenvalue weighted by atomic mass is 35.5. The van der Waals surface area contributed by atoms with E-state index in [0.717, 1.165) is 5.56 Å². The summed E-state index contributed by atoms with van der Waals surface area (Å²) < 4.78 is 5.43. The molecule has 4 nitrogen and oxygen atoms in total. The second kappa shape index (κ2) is 5.63. The predicted molar refractivity (Wildman–Crippen MR) is 72.7 cm³/mol. The Morgan fingerprint density at radius 1 is 1.42 bits per heavy atom. The van der Waals surface area contributed by atoms with E-state index in [9.17, 15) is 4.79 Å². The van der Waals surface area contributed by atoms with E-state index >= 15 is 0 Å². The summed E-state index contributed by atoms with van der Waals surface area (Å²) in [5, 5.41) is 8.41. The van der Waals surface area contributed by atoms with Gasteiger partial charge in [-0.15, -0.1) is 11.6 Å². The summed E-state index contributed by atoms with van der Waals surface area (Å²) in [6.45, 7) is 1.70. The minimum absolute atomic E-state index is 0.0791. The molecule has 1 atom stereocenters. The predicted octanol–water partition coefficient (Wildman–Crippen LogP) is 3.54. The smallest absolute Gasteiger partial charge is 0.322 e. The molecule has 0 spiro atoms. The topological polar surface area (TPSA) is 63.3 Å². The normalized spacial score (nSPS) is 12.4. The van der Waals surface area contributed by atoms with Crippen LogP contribution in [0.4, 0.5) is 0 Å². The van der Waals surface area contributed by atoms with Crippen LogP contribution in [0, 0.1) is 6.92 Å². The van der Waals surface area contributed by atoms with Gasteiger partial charge in [0.05, 0.1) is 0 Å². The number of benzene rings is 1. The molecule has 2 aromatic rings. The molecule has 2 rings (SSSR count). The molecule has 1 N–H and O–H groups in total. The highest BCUT2D eigenvalue weighted by molar-refractivity contribution is 6.30. The van der Waals surface area contributed by atoms with E-state index < -0.39 is 11.3 Å². The van der Waals surface area contributed by atoms with E-state index in [0.29, 0.717) is 22.4 Å². The molecule has 6 heteroatoms. The first-order valence-corrected chi connectivity index (χ1v) is 6.38. The van der Waals surface area contributed by atoms with Gasteiger partial charge in [0.2, 0.25) is 0 Å². The van der Waals surface area contributed by atoms with Crippen LogP contribution in [0.1, 0.15) is 11.7 Å². The number of aromatic nitrogens is 1. The maximum Gasteiger partial charge on any atom is 0.322 e. The molecule has 1 unspecified atom stereocenters. The number of halogens is 2. The van der Waals surface area contributed by atoms with Gasteiger partial charge >= 0.3 is 5.97 Å². The third kappa shape index (κ3) is 3.28. The van der Waals surface area contributed by atoms with E-state index in [1.54, 1.807) is 31.2 Å². The SMILES string of the molecule is Cc1nc(-c2ccc(Cl)cc2)c(CC(Cl)C(=O)O)o1. The molecule has 100 valence electrons. The lowest BCUT2D eigenvalue weighted by atomic mass is 10.1. The average Bonchev–Trinajstić information content (AvgIpc) is 2.71. The Hall–Kier alpha value is -1.52. The van der Waals surface area contributed by atoms with Crippen LogP contribution < -0.4 is 0 Å². The van der Waals surface area contributed by atoms with Gasteiger partial charge in [-0.2, -0.15) is 0 Å². The number of carbonyl (C=O) groups is 1. The first-order valence-electron chi connectivity index (χ1n) is 5.56. The van der Waals surface area contributed by atoms with Crippen molar-refractivity contribution in [1.29, 1.82) is 0 Å². The van der Waals surface area contributed by atoms with Gasteiger partial charge in [0.25, 0.3) is 0 Å². The number of hydrogen-bond acceptors (Lipinski definition) is 3. The molecule has 19 heavy (non-hydrogen) atoms. The quantitative estimate of drug-likeness (QED) is 0.877. The lowest BCUT2D eigenvalue weighted by Crippen LogP contribution is -2.16. The van der Waals surface area contributed by atoms with Gasteiger partial charge in [-0.25, -0.2) is 4.98 Å². The second-order valence-electron chi connectivity index (χ2n) is 4.02. The second-order valence-corrected chi connectivity index (χ2v) is 4.98. The molecule has 0 fully saturated rings. The van der Waals surface area contributed by atoms with Crippen molar-refractivity contribution in [2.75, 3.05) is 0 Å². The Bertz CT molecular complexity index is 592. The Kier molecular flexibility index (Phi) is 4.12. The first-order chi connectivity index (χ1) is 8.97. The number of aryl methyl sites for hydroxylation is 1. The summed E-state index contributed by atoms with van der Waals surface area (Å²) in [4.78, 5) is 15.1. The number of aliphatic carboxylic acids is 1. The van der Waals surface area contributed by atoms with Gasteiger partial charge < -0.3 is 9.52 Å². The van der Waals surface area contributed by atoms with Crippen LogP contribution in [0.3, 0.4) is 0 Å². The number of carboxylic acid groups (broad SMARTS) is 1. The Labute approximate surface area is 120 Å². The van der Waals surface area contributed by atoms with Gasteiger partial charge in [0, 0.05) is 23.9 Å². The van der Waals surface area contributed by atoms with Crippen LogP contribution in [0.15, 0.2) is 28.7 Å². The van der Waals surface area contributed by atoms with Crippen LogP contribution in [0.2, 0.25) is 5.02 Å². The van der Waals surface area contributed by atoms with Crippen LogP contribution in [0.25, 0.3) is 11.3 Å². The highest BCUT2D eigenvalue weighted by Crippen LogP contribution is 2.27. The molecular formula is C13H11Cl2NO3. The summed E-state index contributed by atoms with van der Waals surface area (Å²) in [6, 6.07) is 7.07. The molecule has 0 aliphatic carbocycles. The van der Waals surface area contributed by atoms with Crippen LogP contribution >= 0.6 is 23.2 Å². The lowest BCUT2D eigenvalue weighted by Gasteiger charge is -2.04. The summed E-state index contributed by atoms with van der Waals surface area (Å²) in [5.41, 5.74) is 1.41. The summed E-state index contributed by atoms with van der Waals surface area (Å²) in [6.07, 6.45) is 0.0791. The molecule has 0 bridgehead atoms. The molecule has 0 saturated heterocycles. The van der Waals surface area contributed by atoms with Crippen molar-refractivity contribution in [1.82, 2.24) is 4.98 Å². The zero-order valence-electron chi connectivity index (χ0n) is 10.1. The molecule has 1 aromatic carbocycles. The van der Waals surface area contributed by atoms with Crippen molar-refractivity contribution >= 4 is 29.2 Å². The average molecular weight is 300 g/mol. The van der Waals surface area contributed by atoms with E-state index in [1.807, 2.05) is 0 Å². The summed E-state index contributed by atoms with van der Waals surface area (Å²) in [7, 11) is 0. The summed E-state index contributed by atoms with van der Waals surface area (Å²) >= 11 is 11.6. The largest absolute Gasteiger partial charge is 0.480 e. The fourth-order valence-corrected chi connectivity index (χ4v) is 1.96. The number of rotatable bonds is 4. The van der Waals surface area contributed by atoms with Crippen molar-refractivity contribution in [3.8, 4) is 11.3 Å². The minimum atomic E-state index is -1.09. The molecule has 0 saturated carbocycles. The zero-order valence-corrected chi connectivity index (χ0v) is 11.6. The van der Waals surface area contributed by atoms with Crippen molar-refractivity contribution < 1.29 is 14.3 Å². The highest BCUT2D eigenvalue weighted by Gasteiger charge is 2.21.